The minimum Gasteiger partial charge on any atom is -0.399 e. The third-order valence-electron chi connectivity index (χ3n) is 3.85. The zero-order valence-electron chi connectivity index (χ0n) is 12.4. The van der Waals surface area contributed by atoms with Crippen LogP contribution < -0.4 is 5.46 Å². The number of nitrogens with zero attached hydrogens (tertiary/aromatic N) is 1. The standard InChI is InChI=1S/C15H20BNO3/c1-14(2)15(3,4)20-16(19-14)13-9-12(10-17-11-13)7-5-6-8-18/h5,7-11H,6H2,1-4H3. The van der Waals surface area contributed by atoms with Gasteiger partial charge in [0.1, 0.15) is 6.29 Å². The maximum atomic E-state index is 10.3. The molecule has 2 heterocycles. The Morgan fingerprint density at radius 3 is 2.45 bits per heavy atom. The van der Waals surface area contributed by atoms with Crippen LogP contribution in [0.15, 0.2) is 24.5 Å². The van der Waals surface area contributed by atoms with Crippen molar-refractivity contribution in [3.63, 3.8) is 0 Å². The Labute approximate surface area is 120 Å². The van der Waals surface area contributed by atoms with Crippen molar-refractivity contribution in [1.29, 1.82) is 0 Å². The van der Waals surface area contributed by atoms with Gasteiger partial charge in [0.2, 0.25) is 0 Å². The van der Waals surface area contributed by atoms with Gasteiger partial charge in [0, 0.05) is 24.3 Å². The summed E-state index contributed by atoms with van der Waals surface area (Å²) in [4.78, 5) is 14.5. The van der Waals surface area contributed by atoms with Crippen LogP contribution in [-0.4, -0.2) is 29.6 Å². The van der Waals surface area contributed by atoms with Gasteiger partial charge >= 0.3 is 7.12 Å². The van der Waals surface area contributed by atoms with Crippen LogP contribution >= 0.6 is 0 Å². The Kier molecular flexibility index (Phi) is 4.11. The number of pyridine rings is 1. The molecule has 4 nitrogen and oxygen atoms in total. The van der Waals surface area contributed by atoms with E-state index in [1.807, 2.05) is 39.8 Å². The number of aldehydes is 1. The molecule has 0 bridgehead atoms. The number of rotatable bonds is 4. The normalized spacial score (nSPS) is 20.5. The van der Waals surface area contributed by atoms with Gasteiger partial charge in [-0.15, -0.1) is 0 Å². The fraction of sp³-hybridized carbons (Fsp3) is 0.467. The van der Waals surface area contributed by atoms with Gasteiger partial charge in [0.15, 0.2) is 0 Å². The first-order valence-electron chi connectivity index (χ1n) is 6.76. The molecular formula is C15H20BNO3. The van der Waals surface area contributed by atoms with E-state index in [-0.39, 0.29) is 11.2 Å². The second-order valence-electron chi connectivity index (χ2n) is 5.94. The Morgan fingerprint density at radius 2 is 1.85 bits per heavy atom. The highest BCUT2D eigenvalue weighted by atomic mass is 16.7. The molecule has 2 rings (SSSR count). The predicted octanol–water partition coefficient (Wildman–Crippen LogP) is 1.98. The summed E-state index contributed by atoms with van der Waals surface area (Å²) in [6.45, 7) is 8.09. The Balaban J connectivity index is 2.18. The summed E-state index contributed by atoms with van der Waals surface area (Å²) in [6.07, 6.45) is 8.44. The van der Waals surface area contributed by atoms with E-state index >= 15 is 0 Å². The van der Waals surface area contributed by atoms with Gasteiger partial charge in [0.05, 0.1) is 11.2 Å². The van der Waals surface area contributed by atoms with Crippen molar-refractivity contribution in [1.82, 2.24) is 4.98 Å². The highest BCUT2D eigenvalue weighted by Gasteiger charge is 2.51. The molecule has 1 saturated heterocycles. The Bertz CT molecular complexity index is 510. The van der Waals surface area contributed by atoms with E-state index in [4.69, 9.17) is 9.31 Å². The lowest BCUT2D eigenvalue weighted by atomic mass is 9.80. The highest BCUT2D eigenvalue weighted by Crippen LogP contribution is 2.36. The summed E-state index contributed by atoms with van der Waals surface area (Å²) in [7, 11) is -0.410. The van der Waals surface area contributed by atoms with Crippen molar-refractivity contribution in [2.24, 2.45) is 0 Å². The van der Waals surface area contributed by atoms with Gasteiger partial charge in [-0.3, -0.25) is 4.98 Å². The lowest BCUT2D eigenvalue weighted by Crippen LogP contribution is -2.41. The number of hydrogen-bond donors (Lipinski definition) is 0. The van der Waals surface area contributed by atoms with Crippen LogP contribution in [0.4, 0.5) is 0 Å². The van der Waals surface area contributed by atoms with Gasteiger partial charge in [-0.1, -0.05) is 18.2 Å². The van der Waals surface area contributed by atoms with Gasteiger partial charge in [-0.2, -0.15) is 0 Å². The van der Waals surface area contributed by atoms with Gasteiger partial charge in [-0.25, -0.2) is 0 Å². The van der Waals surface area contributed by atoms with Crippen LogP contribution in [0.3, 0.4) is 0 Å². The molecule has 0 saturated carbocycles. The molecule has 0 amide bonds. The fourth-order valence-electron chi connectivity index (χ4n) is 1.94. The zero-order valence-corrected chi connectivity index (χ0v) is 12.4. The van der Waals surface area contributed by atoms with Crippen LogP contribution in [-0.2, 0) is 14.1 Å². The molecule has 1 aliphatic heterocycles. The van der Waals surface area contributed by atoms with E-state index in [9.17, 15) is 4.79 Å². The summed E-state index contributed by atoms with van der Waals surface area (Å²) >= 11 is 0. The van der Waals surface area contributed by atoms with E-state index in [0.717, 1.165) is 17.3 Å². The second-order valence-corrected chi connectivity index (χ2v) is 5.94. The van der Waals surface area contributed by atoms with Crippen molar-refractivity contribution in [2.75, 3.05) is 0 Å². The minimum atomic E-state index is -0.410. The SMILES string of the molecule is CC1(C)OB(c2cncc(C=CCC=O)c2)OC1(C)C. The molecule has 0 N–H and O–H groups in total. The van der Waals surface area contributed by atoms with E-state index < -0.39 is 7.12 Å². The number of carbonyl (C=O) groups is 1. The minimum absolute atomic E-state index is 0.360. The quantitative estimate of drug-likeness (QED) is 0.621. The van der Waals surface area contributed by atoms with Crippen LogP contribution in [0.5, 0.6) is 0 Å². The van der Waals surface area contributed by atoms with Crippen LogP contribution in [0.25, 0.3) is 6.08 Å². The molecule has 1 aliphatic rings. The third kappa shape index (κ3) is 2.99. The maximum absolute atomic E-state index is 10.3. The third-order valence-corrected chi connectivity index (χ3v) is 3.85. The molecule has 1 aromatic heterocycles. The van der Waals surface area contributed by atoms with Crippen molar-refractivity contribution in [3.05, 3.63) is 30.1 Å². The molecule has 1 aromatic rings. The summed E-state index contributed by atoms with van der Waals surface area (Å²) in [5.41, 5.74) is 1.10. The molecule has 0 spiro atoms. The zero-order chi connectivity index (χ0) is 14.8. The Hall–Kier alpha value is -1.46. The van der Waals surface area contributed by atoms with Crippen molar-refractivity contribution in [3.8, 4) is 0 Å². The summed E-state index contributed by atoms with van der Waals surface area (Å²) in [5.74, 6) is 0. The highest BCUT2D eigenvalue weighted by molar-refractivity contribution is 6.62. The molecule has 1 fully saturated rings. The molecule has 106 valence electrons. The van der Waals surface area contributed by atoms with E-state index in [1.165, 1.54) is 0 Å². The van der Waals surface area contributed by atoms with E-state index in [1.54, 1.807) is 18.5 Å². The average molecular weight is 273 g/mol. The number of hydrogen-bond acceptors (Lipinski definition) is 4. The first kappa shape index (κ1) is 14.9. The first-order valence-corrected chi connectivity index (χ1v) is 6.76. The first-order chi connectivity index (χ1) is 9.36. The van der Waals surface area contributed by atoms with Gasteiger partial charge < -0.3 is 14.1 Å². The summed E-state index contributed by atoms with van der Waals surface area (Å²) in [6, 6.07) is 1.97. The van der Waals surface area contributed by atoms with E-state index in [0.29, 0.717) is 6.42 Å². The molecular weight excluding hydrogens is 253 g/mol. The molecule has 5 heteroatoms. The van der Waals surface area contributed by atoms with Crippen LogP contribution in [0.1, 0.15) is 39.7 Å². The molecule has 0 aromatic carbocycles. The van der Waals surface area contributed by atoms with Gasteiger partial charge in [0.25, 0.3) is 0 Å². The molecule has 0 aliphatic carbocycles. The molecule has 0 atom stereocenters. The maximum Gasteiger partial charge on any atom is 0.496 e. The summed E-state index contributed by atoms with van der Waals surface area (Å²) in [5, 5.41) is 0. The molecule has 0 radical (unpaired) electrons. The Morgan fingerprint density at radius 1 is 1.20 bits per heavy atom. The molecule has 20 heavy (non-hydrogen) atoms. The van der Waals surface area contributed by atoms with Crippen molar-refractivity contribution in [2.45, 2.75) is 45.3 Å². The second kappa shape index (κ2) is 5.50. The predicted molar refractivity (Wildman–Crippen MR) is 79.7 cm³/mol. The van der Waals surface area contributed by atoms with Crippen LogP contribution in [0.2, 0.25) is 0 Å². The summed E-state index contributed by atoms with van der Waals surface area (Å²) < 4.78 is 12.0. The lowest BCUT2D eigenvalue weighted by Gasteiger charge is -2.32. The largest absolute Gasteiger partial charge is 0.496 e. The van der Waals surface area contributed by atoms with Crippen molar-refractivity contribution >= 4 is 24.9 Å². The van der Waals surface area contributed by atoms with Gasteiger partial charge in [-0.05, 0) is 33.3 Å². The van der Waals surface area contributed by atoms with Crippen molar-refractivity contribution < 1.29 is 14.1 Å². The molecule has 0 unspecified atom stereocenters. The topological polar surface area (TPSA) is 48.4 Å². The van der Waals surface area contributed by atoms with Crippen LogP contribution in [0, 0.1) is 0 Å². The number of carbonyl (C=O) groups excluding carboxylic acids is 1. The van der Waals surface area contributed by atoms with E-state index in [2.05, 4.69) is 4.98 Å². The fourth-order valence-corrected chi connectivity index (χ4v) is 1.94. The number of aromatic nitrogens is 1. The monoisotopic (exact) mass is 273 g/mol. The lowest BCUT2D eigenvalue weighted by molar-refractivity contribution is -0.107. The smallest absolute Gasteiger partial charge is 0.399 e. The average Bonchev–Trinajstić information content (AvgIpc) is 2.59. The number of allylic oxidation sites excluding steroid dienone is 1.